The molecule has 0 saturated heterocycles. The maximum atomic E-state index is 12.3. The van der Waals surface area contributed by atoms with Crippen molar-refractivity contribution in [3.8, 4) is 17.2 Å². The van der Waals surface area contributed by atoms with Gasteiger partial charge in [-0.05, 0) is 43.3 Å². The van der Waals surface area contributed by atoms with Crippen molar-refractivity contribution in [1.82, 2.24) is 9.78 Å². The van der Waals surface area contributed by atoms with Crippen LogP contribution in [0, 0.1) is 6.92 Å². The van der Waals surface area contributed by atoms with E-state index in [4.69, 9.17) is 26.5 Å². The molecule has 0 unspecified atom stereocenters. The van der Waals surface area contributed by atoms with Crippen molar-refractivity contribution in [3.05, 3.63) is 57.5 Å². The van der Waals surface area contributed by atoms with E-state index in [0.717, 1.165) is 4.68 Å². The van der Waals surface area contributed by atoms with Crippen molar-refractivity contribution in [3.63, 3.8) is 0 Å². The molecule has 3 N–H and O–H groups in total. The van der Waals surface area contributed by atoms with Gasteiger partial charge in [-0.1, -0.05) is 11.6 Å². The molecule has 3 aromatic rings. The second-order valence-electron chi connectivity index (χ2n) is 5.76. The second-order valence-corrected chi connectivity index (χ2v) is 6.16. The zero-order valence-electron chi connectivity index (χ0n) is 14.7. The SMILES string of the molecule is COc1ccc(NC(=O)Cn2nc(-c3ccc(C)o3)cc(N)c2=O)cc1Cl. The first kappa shape index (κ1) is 18.5. The zero-order valence-corrected chi connectivity index (χ0v) is 15.4. The second kappa shape index (κ2) is 7.55. The van der Waals surface area contributed by atoms with Crippen molar-refractivity contribution >= 4 is 28.9 Å². The normalized spacial score (nSPS) is 10.6. The lowest BCUT2D eigenvalue weighted by molar-refractivity contribution is -0.117. The Balaban J connectivity index is 1.82. The Morgan fingerprint density at radius 1 is 1.33 bits per heavy atom. The number of nitrogen functional groups attached to an aromatic ring is 1. The number of aromatic nitrogens is 2. The van der Waals surface area contributed by atoms with Gasteiger partial charge in [-0.25, -0.2) is 4.68 Å². The van der Waals surface area contributed by atoms with Crippen molar-refractivity contribution in [2.24, 2.45) is 0 Å². The van der Waals surface area contributed by atoms with Gasteiger partial charge in [-0.15, -0.1) is 0 Å². The number of furan rings is 1. The summed E-state index contributed by atoms with van der Waals surface area (Å²) in [7, 11) is 1.50. The molecule has 3 rings (SSSR count). The van der Waals surface area contributed by atoms with E-state index >= 15 is 0 Å². The molecule has 0 aliphatic rings. The van der Waals surface area contributed by atoms with Crippen LogP contribution in [0.25, 0.3) is 11.5 Å². The van der Waals surface area contributed by atoms with Crippen LogP contribution in [0.2, 0.25) is 5.02 Å². The van der Waals surface area contributed by atoms with Gasteiger partial charge >= 0.3 is 0 Å². The van der Waals surface area contributed by atoms with Gasteiger partial charge in [0.15, 0.2) is 5.76 Å². The summed E-state index contributed by atoms with van der Waals surface area (Å²) in [6, 6.07) is 9.70. The number of methoxy groups -OCH3 is 1. The third-order valence-corrected chi connectivity index (χ3v) is 4.02. The van der Waals surface area contributed by atoms with Crippen LogP contribution in [0.4, 0.5) is 11.4 Å². The highest BCUT2D eigenvalue weighted by Crippen LogP contribution is 2.27. The van der Waals surface area contributed by atoms with Crippen LogP contribution in [0.5, 0.6) is 5.75 Å². The molecular weight excluding hydrogens is 372 g/mol. The fourth-order valence-corrected chi connectivity index (χ4v) is 2.70. The van der Waals surface area contributed by atoms with Crippen LogP contribution in [0.3, 0.4) is 0 Å². The molecule has 0 saturated carbocycles. The summed E-state index contributed by atoms with van der Waals surface area (Å²) in [5, 5.41) is 7.17. The van der Waals surface area contributed by atoms with Gasteiger partial charge in [0.2, 0.25) is 5.91 Å². The minimum absolute atomic E-state index is 0.0330. The number of benzene rings is 1. The largest absolute Gasteiger partial charge is 0.495 e. The lowest BCUT2D eigenvalue weighted by Gasteiger charge is -2.10. The van der Waals surface area contributed by atoms with E-state index in [1.54, 1.807) is 37.3 Å². The number of carbonyl (C=O) groups is 1. The number of hydrogen-bond acceptors (Lipinski definition) is 6. The number of hydrogen-bond donors (Lipinski definition) is 2. The Morgan fingerprint density at radius 2 is 2.11 bits per heavy atom. The highest BCUT2D eigenvalue weighted by Gasteiger charge is 2.14. The van der Waals surface area contributed by atoms with E-state index in [1.807, 2.05) is 0 Å². The number of rotatable bonds is 5. The van der Waals surface area contributed by atoms with E-state index in [2.05, 4.69) is 10.4 Å². The number of anilines is 2. The van der Waals surface area contributed by atoms with Gasteiger partial charge in [-0.2, -0.15) is 5.10 Å². The molecule has 140 valence electrons. The van der Waals surface area contributed by atoms with Crippen molar-refractivity contribution < 1.29 is 13.9 Å². The average molecular weight is 389 g/mol. The summed E-state index contributed by atoms with van der Waals surface area (Å²) in [5.74, 6) is 1.17. The van der Waals surface area contributed by atoms with Crippen LogP contribution in [0.1, 0.15) is 5.76 Å². The molecule has 0 bridgehead atoms. The Bertz CT molecular complexity index is 1060. The minimum atomic E-state index is -0.565. The first-order chi connectivity index (χ1) is 12.9. The average Bonchev–Trinajstić information content (AvgIpc) is 3.05. The smallest absolute Gasteiger partial charge is 0.290 e. The molecule has 27 heavy (non-hydrogen) atoms. The third-order valence-electron chi connectivity index (χ3n) is 3.72. The number of carbonyl (C=O) groups excluding carboxylic acids is 1. The van der Waals surface area contributed by atoms with Crippen LogP contribution >= 0.6 is 11.6 Å². The standard InChI is InChI=1S/C18H17ClN4O4/c1-10-3-5-16(27-10)14-8-13(20)18(25)23(22-14)9-17(24)21-11-4-6-15(26-2)12(19)7-11/h3-8H,9,20H2,1-2H3,(H,21,24). The first-order valence-corrected chi connectivity index (χ1v) is 8.33. The van der Waals surface area contributed by atoms with Gasteiger partial charge in [0, 0.05) is 5.69 Å². The van der Waals surface area contributed by atoms with Gasteiger partial charge in [-0.3, -0.25) is 9.59 Å². The van der Waals surface area contributed by atoms with Crippen molar-refractivity contribution in [2.45, 2.75) is 13.5 Å². The Morgan fingerprint density at radius 3 is 2.74 bits per heavy atom. The predicted molar refractivity (Wildman–Crippen MR) is 102 cm³/mol. The van der Waals surface area contributed by atoms with E-state index in [0.29, 0.717) is 33.7 Å². The Hall–Kier alpha value is -3.26. The summed E-state index contributed by atoms with van der Waals surface area (Å²) < 4.78 is 11.5. The van der Waals surface area contributed by atoms with Crippen LogP contribution in [0.15, 0.2) is 45.6 Å². The number of aryl methyl sites for hydroxylation is 1. The Kier molecular flexibility index (Phi) is 5.18. The minimum Gasteiger partial charge on any atom is -0.495 e. The van der Waals surface area contributed by atoms with E-state index in [1.165, 1.54) is 13.2 Å². The highest BCUT2D eigenvalue weighted by molar-refractivity contribution is 6.32. The van der Waals surface area contributed by atoms with Crippen molar-refractivity contribution in [1.29, 1.82) is 0 Å². The predicted octanol–water partition coefficient (Wildman–Crippen LogP) is 2.69. The summed E-state index contributed by atoms with van der Waals surface area (Å²) in [5.41, 5.74) is 5.99. The molecule has 1 amide bonds. The number of amides is 1. The molecule has 0 atom stereocenters. The maximum absolute atomic E-state index is 12.3. The third kappa shape index (κ3) is 4.12. The molecule has 0 aliphatic carbocycles. The van der Waals surface area contributed by atoms with Gasteiger partial charge in [0.1, 0.15) is 29.4 Å². The fourth-order valence-electron chi connectivity index (χ4n) is 2.44. The van der Waals surface area contributed by atoms with Crippen LogP contribution < -0.4 is 21.3 Å². The van der Waals surface area contributed by atoms with E-state index < -0.39 is 11.5 Å². The monoisotopic (exact) mass is 388 g/mol. The number of nitrogens with one attached hydrogen (secondary N) is 1. The van der Waals surface area contributed by atoms with Gasteiger partial charge in [0.25, 0.3) is 5.56 Å². The molecular formula is C18H17ClN4O4. The number of ether oxygens (including phenoxy) is 1. The fraction of sp³-hybridized carbons (Fsp3) is 0.167. The lowest BCUT2D eigenvalue weighted by atomic mass is 10.3. The molecule has 2 heterocycles. The van der Waals surface area contributed by atoms with E-state index in [-0.39, 0.29) is 12.2 Å². The summed E-state index contributed by atoms with van der Waals surface area (Å²) in [6.07, 6.45) is 0. The van der Waals surface area contributed by atoms with E-state index in [9.17, 15) is 9.59 Å². The highest BCUT2D eigenvalue weighted by atomic mass is 35.5. The molecule has 2 aromatic heterocycles. The molecule has 1 aromatic carbocycles. The van der Waals surface area contributed by atoms with Crippen LogP contribution in [-0.4, -0.2) is 22.8 Å². The topological polar surface area (TPSA) is 112 Å². The van der Waals surface area contributed by atoms with Crippen LogP contribution in [-0.2, 0) is 11.3 Å². The molecule has 8 nitrogen and oxygen atoms in total. The van der Waals surface area contributed by atoms with Crippen molar-refractivity contribution in [2.75, 3.05) is 18.2 Å². The molecule has 0 fully saturated rings. The Labute approximate surface area is 159 Å². The summed E-state index contributed by atoms with van der Waals surface area (Å²) in [6.45, 7) is 1.47. The summed E-state index contributed by atoms with van der Waals surface area (Å²) in [4.78, 5) is 24.5. The molecule has 0 aliphatic heterocycles. The maximum Gasteiger partial charge on any atom is 0.290 e. The number of halogens is 1. The lowest BCUT2D eigenvalue weighted by Crippen LogP contribution is -2.31. The summed E-state index contributed by atoms with van der Waals surface area (Å²) >= 11 is 6.04. The molecule has 0 spiro atoms. The number of nitrogens with two attached hydrogens (primary N) is 1. The number of nitrogens with zero attached hydrogens (tertiary/aromatic N) is 2. The quantitative estimate of drug-likeness (QED) is 0.694. The molecule has 0 radical (unpaired) electrons. The zero-order chi connectivity index (χ0) is 19.6. The van der Waals surface area contributed by atoms with Gasteiger partial charge in [0.05, 0.1) is 12.1 Å². The molecule has 9 heteroatoms. The van der Waals surface area contributed by atoms with Gasteiger partial charge < -0.3 is 20.2 Å². The first-order valence-electron chi connectivity index (χ1n) is 7.95.